The van der Waals surface area contributed by atoms with Gasteiger partial charge in [0.05, 0.1) is 7.11 Å². The summed E-state index contributed by atoms with van der Waals surface area (Å²) in [6, 6.07) is 5.79. The molecule has 2 fully saturated rings. The summed E-state index contributed by atoms with van der Waals surface area (Å²) in [6.45, 7) is 2.22. The molecule has 1 heterocycles. The lowest BCUT2D eigenvalue weighted by Crippen LogP contribution is -2.51. The molecule has 1 aromatic rings. The molecule has 6 heteroatoms. The van der Waals surface area contributed by atoms with E-state index in [0.717, 1.165) is 24.9 Å². The fraction of sp³-hybridized carbons (Fsp3) is 0.565. The van der Waals surface area contributed by atoms with Crippen LogP contribution in [0.5, 0.6) is 11.5 Å². The number of rotatable bonds is 7. The second-order valence-electron chi connectivity index (χ2n) is 7.70. The van der Waals surface area contributed by atoms with E-state index in [1.165, 1.54) is 25.7 Å². The number of esters is 1. The Hall–Kier alpha value is -2.50. The van der Waals surface area contributed by atoms with Gasteiger partial charge in [0.2, 0.25) is 0 Å². The predicted octanol–water partition coefficient (Wildman–Crippen LogP) is 3.83. The number of methoxy groups -OCH3 is 1. The van der Waals surface area contributed by atoms with Crippen LogP contribution in [0.25, 0.3) is 6.08 Å². The van der Waals surface area contributed by atoms with E-state index in [4.69, 9.17) is 14.2 Å². The quantitative estimate of drug-likeness (QED) is 0.650. The molecule has 3 rings (SSSR count). The number of ether oxygens (including phenoxy) is 3. The van der Waals surface area contributed by atoms with Gasteiger partial charge in [-0.25, -0.2) is 4.79 Å². The summed E-state index contributed by atoms with van der Waals surface area (Å²) in [5, 5.41) is 0. The summed E-state index contributed by atoms with van der Waals surface area (Å²) in [6.07, 6.45) is 10.8. The fourth-order valence-corrected chi connectivity index (χ4v) is 4.44. The zero-order chi connectivity index (χ0) is 20.6. The van der Waals surface area contributed by atoms with Gasteiger partial charge in [0.25, 0.3) is 5.91 Å². The average Bonchev–Trinajstić information content (AvgIpc) is 2.76. The number of carbonyl (C=O) groups is 2. The highest BCUT2D eigenvalue weighted by molar-refractivity contribution is 5.81. The number of carbonyl (C=O) groups excluding carboxylic acids is 2. The van der Waals surface area contributed by atoms with Crippen molar-refractivity contribution in [2.75, 3.05) is 26.9 Å². The van der Waals surface area contributed by atoms with Crippen LogP contribution in [0.15, 0.2) is 24.3 Å². The maximum atomic E-state index is 12.6. The number of piperidine rings is 1. The Labute approximate surface area is 172 Å². The van der Waals surface area contributed by atoms with Gasteiger partial charge in [0, 0.05) is 12.6 Å². The van der Waals surface area contributed by atoms with Gasteiger partial charge in [-0.05, 0) is 56.2 Å². The molecule has 1 aromatic carbocycles. The van der Waals surface area contributed by atoms with Crippen LogP contribution in [-0.2, 0) is 14.3 Å². The van der Waals surface area contributed by atoms with Gasteiger partial charge in [0.1, 0.15) is 0 Å². The van der Waals surface area contributed by atoms with Gasteiger partial charge in [0.15, 0.2) is 24.7 Å². The molecule has 0 spiro atoms. The van der Waals surface area contributed by atoms with Crippen molar-refractivity contribution in [1.82, 2.24) is 4.90 Å². The summed E-state index contributed by atoms with van der Waals surface area (Å²) >= 11 is 0. The molecule has 158 valence electrons. The van der Waals surface area contributed by atoms with Gasteiger partial charge in [-0.3, -0.25) is 4.79 Å². The standard InChI is InChI=1S/C23H31NO5/c1-3-7-17-11-12-20(21(14-17)27-2)28-16-23(26)29-15-22(25)24-13-6-9-18-8-4-5-10-19(18)24/h3,7,11-12,14,18-19H,4-6,8-10,13,15-16H2,1-2H3/b7-3+/t18-,19-/m1/s1. The Morgan fingerprint density at radius 3 is 2.69 bits per heavy atom. The van der Waals surface area contributed by atoms with Crippen molar-refractivity contribution in [3.63, 3.8) is 0 Å². The highest BCUT2D eigenvalue weighted by Gasteiger charge is 2.35. The second-order valence-corrected chi connectivity index (χ2v) is 7.70. The van der Waals surface area contributed by atoms with Crippen LogP contribution in [0, 0.1) is 5.92 Å². The third-order valence-corrected chi connectivity index (χ3v) is 5.81. The monoisotopic (exact) mass is 401 g/mol. The third-order valence-electron chi connectivity index (χ3n) is 5.81. The Bertz CT molecular complexity index is 743. The van der Waals surface area contributed by atoms with Crippen LogP contribution < -0.4 is 9.47 Å². The van der Waals surface area contributed by atoms with Crippen molar-refractivity contribution in [2.45, 2.75) is 51.5 Å². The van der Waals surface area contributed by atoms with Crippen LogP contribution in [0.2, 0.25) is 0 Å². The zero-order valence-corrected chi connectivity index (χ0v) is 17.4. The van der Waals surface area contributed by atoms with Gasteiger partial charge in [-0.1, -0.05) is 31.1 Å². The van der Waals surface area contributed by atoms with E-state index in [0.29, 0.717) is 23.5 Å². The first kappa shape index (κ1) is 21.2. The van der Waals surface area contributed by atoms with Gasteiger partial charge >= 0.3 is 5.97 Å². The van der Waals surface area contributed by atoms with E-state index in [-0.39, 0.29) is 19.1 Å². The number of benzene rings is 1. The Morgan fingerprint density at radius 1 is 1.10 bits per heavy atom. The smallest absolute Gasteiger partial charge is 0.344 e. The number of hydrogen-bond acceptors (Lipinski definition) is 5. The van der Waals surface area contributed by atoms with E-state index >= 15 is 0 Å². The van der Waals surface area contributed by atoms with E-state index in [1.807, 2.05) is 36.1 Å². The lowest BCUT2D eigenvalue weighted by atomic mass is 9.78. The normalized spacial score (nSPS) is 21.5. The van der Waals surface area contributed by atoms with E-state index < -0.39 is 5.97 Å². The Morgan fingerprint density at radius 2 is 1.90 bits per heavy atom. The van der Waals surface area contributed by atoms with Crippen LogP contribution >= 0.6 is 0 Å². The molecule has 1 saturated carbocycles. The minimum absolute atomic E-state index is 0.0942. The molecule has 0 N–H and O–H groups in total. The maximum absolute atomic E-state index is 12.6. The molecule has 0 radical (unpaired) electrons. The number of nitrogens with zero attached hydrogens (tertiary/aromatic N) is 1. The molecule has 0 bridgehead atoms. The molecule has 2 aliphatic rings. The van der Waals surface area contributed by atoms with E-state index in [2.05, 4.69) is 0 Å². The number of hydrogen-bond donors (Lipinski definition) is 0. The first-order valence-electron chi connectivity index (χ1n) is 10.5. The molecule has 1 saturated heterocycles. The topological polar surface area (TPSA) is 65.1 Å². The van der Waals surface area contributed by atoms with Crippen LogP contribution in [0.3, 0.4) is 0 Å². The molecule has 2 atom stereocenters. The summed E-state index contributed by atoms with van der Waals surface area (Å²) in [5.41, 5.74) is 0.979. The van der Waals surface area contributed by atoms with E-state index in [9.17, 15) is 9.59 Å². The van der Waals surface area contributed by atoms with Crippen molar-refractivity contribution >= 4 is 18.0 Å². The molecule has 29 heavy (non-hydrogen) atoms. The van der Waals surface area contributed by atoms with Crippen molar-refractivity contribution in [2.24, 2.45) is 5.92 Å². The second kappa shape index (κ2) is 10.3. The molecule has 0 unspecified atom stereocenters. The van der Waals surface area contributed by atoms with Gasteiger partial charge < -0.3 is 19.1 Å². The van der Waals surface area contributed by atoms with Gasteiger partial charge in [-0.15, -0.1) is 0 Å². The Balaban J connectivity index is 1.48. The maximum Gasteiger partial charge on any atom is 0.344 e. The molecule has 6 nitrogen and oxygen atoms in total. The largest absolute Gasteiger partial charge is 0.493 e. The van der Waals surface area contributed by atoms with Crippen molar-refractivity contribution in [1.29, 1.82) is 0 Å². The summed E-state index contributed by atoms with van der Waals surface area (Å²) in [5.74, 6) is 0.961. The minimum Gasteiger partial charge on any atom is -0.493 e. The zero-order valence-electron chi connectivity index (χ0n) is 17.4. The van der Waals surface area contributed by atoms with Crippen molar-refractivity contribution < 1.29 is 23.8 Å². The van der Waals surface area contributed by atoms with Crippen LogP contribution in [0.1, 0.15) is 51.0 Å². The highest BCUT2D eigenvalue weighted by atomic mass is 16.6. The number of fused-ring (bicyclic) bond motifs is 1. The lowest BCUT2D eigenvalue weighted by molar-refractivity contribution is -0.156. The number of amides is 1. The molecular weight excluding hydrogens is 370 g/mol. The van der Waals surface area contributed by atoms with Gasteiger partial charge in [-0.2, -0.15) is 0 Å². The fourth-order valence-electron chi connectivity index (χ4n) is 4.44. The first-order valence-corrected chi connectivity index (χ1v) is 10.5. The highest BCUT2D eigenvalue weighted by Crippen LogP contribution is 2.35. The molecule has 1 aliphatic carbocycles. The molecule has 1 aliphatic heterocycles. The van der Waals surface area contributed by atoms with Crippen molar-refractivity contribution in [3.05, 3.63) is 29.8 Å². The average molecular weight is 402 g/mol. The summed E-state index contributed by atoms with van der Waals surface area (Å²) < 4.78 is 16.0. The SMILES string of the molecule is C/C=C/c1ccc(OCC(=O)OCC(=O)N2CCC[C@H]3CCCC[C@H]32)c(OC)c1. The molecule has 1 amide bonds. The number of allylic oxidation sites excluding steroid dienone is 1. The van der Waals surface area contributed by atoms with Crippen LogP contribution in [0.4, 0.5) is 0 Å². The summed E-state index contributed by atoms with van der Waals surface area (Å²) in [7, 11) is 1.55. The summed E-state index contributed by atoms with van der Waals surface area (Å²) in [4.78, 5) is 26.6. The third kappa shape index (κ3) is 5.52. The Kier molecular flexibility index (Phi) is 7.55. The predicted molar refractivity (Wildman–Crippen MR) is 111 cm³/mol. The number of likely N-dealkylation sites (tertiary alicyclic amines) is 1. The van der Waals surface area contributed by atoms with E-state index in [1.54, 1.807) is 13.2 Å². The molecular formula is C23H31NO5. The molecule has 0 aromatic heterocycles. The first-order chi connectivity index (χ1) is 14.1. The minimum atomic E-state index is -0.560. The van der Waals surface area contributed by atoms with Crippen molar-refractivity contribution in [3.8, 4) is 11.5 Å². The van der Waals surface area contributed by atoms with Crippen LogP contribution in [-0.4, -0.2) is 49.7 Å². The lowest BCUT2D eigenvalue weighted by Gasteiger charge is -2.44.